The largest absolute Gasteiger partial charge is 0.490 e. The Bertz CT molecular complexity index is 1040. The molecule has 0 spiro atoms. The number of aliphatic imine (C=N–C) groups is 1. The van der Waals surface area contributed by atoms with Crippen LogP contribution < -0.4 is 9.47 Å². The molecule has 1 aliphatic heterocycles. The highest BCUT2D eigenvalue weighted by Crippen LogP contribution is 2.38. The molecule has 1 aliphatic rings. The lowest BCUT2D eigenvalue weighted by Gasteiger charge is -2.16. The van der Waals surface area contributed by atoms with Gasteiger partial charge in [-0.2, -0.15) is 0 Å². The molecule has 0 aliphatic carbocycles. The van der Waals surface area contributed by atoms with Crippen LogP contribution in [0.1, 0.15) is 31.9 Å². The van der Waals surface area contributed by atoms with E-state index in [-0.39, 0.29) is 11.6 Å². The molecule has 0 amide bonds. The molecule has 0 fully saturated rings. The highest BCUT2D eigenvalue weighted by atomic mass is 127. The van der Waals surface area contributed by atoms with Crippen LogP contribution in [0, 0.1) is 9.49 Å². The number of benzene rings is 2. The summed E-state index contributed by atoms with van der Waals surface area (Å²) in [6.45, 7) is 7.11. The first kappa shape index (κ1) is 23.1. The van der Waals surface area contributed by atoms with Crippen molar-refractivity contribution < 1.29 is 19.0 Å². The highest BCUT2D eigenvalue weighted by molar-refractivity contribution is 14.1. The smallest absolute Gasteiger partial charge is 0.363 e. The first-order valence-electron chi connectivity index (χ1n) is 9.35. The van der Waals surface area contributed by atoms with Crippen LogP contribution in [0.4, 0.5) is 0 Å². The summed E-state index contributed by atoms with van der Waals surface area (Å²) in [4.78, 5) is 16.7. The van der Waals surface area contributed by atoms with Gasteiger partial charge in [0.25, 0.3) is 0 Å². The lowest BCUT2D eigenvalue weighted by atomic mass is 10.1. The number of nitrogens with zero attached hydrogens (tertiary/aromatic N) is 1. The summed E-state index contributed by atoms with van der Waals surface area (Å²) in [6.07, 6.45) is 1.65. The number of esters is 1. The molecule has 2 aromatic carbocycles. The molecule has 1 heterocycles. The normalized spacial score (nSPS) is 14.8. The van der Waals surface area contributed by atoms with Gasteiger partial charge < -0.3 is 14.2 Å². The van der Waals surface area contributed by atoms with Gasteiger partial charge in [0.05, 0.1) is 28.3 Å². The second kappa shape index (κ2) is 10.2. The SMILES string of the molecule is CCOc1cc(/C=C2\N=C(c3cc(I)ccc3Cl)OC2=O)cc(Br)c1OCC(C)C. The van der Waals surface area contributed by atoms with Crippen LogP contribution >= 0.6 is 50.1 Å². The summed E-state index contributed by atoms with van der Waals surface area (Å²) in [5.74, 6) is 1.26. The summed E-state index contributed by atoms with van der Waals surface area (Å²) < 4.78 is 18.7. The summed E-state index contributed by atoms with van der Waals surface area (Å²) in [5.41, 5.74) is 1.49. The summed E-state index contributed by atoms with van der Waals surface area (Å²) in [6, 6.07) is 9.11. The number of hydrogen-bond donors (Lipinski definition) is 0. The molecule has 3 rings (SSSR count). The Morgan fingerprint density at radius 3 is 2.73 bits per heavy atom. The zero-order valence-corrected chi connectivity index (χ0v) is 21.2. The molecule has 0 unspecified atom stereocenters. The van der Waals surface area contributed by atoms with Crippen LogP contribution in [0.3, 0.4) is 0 Å². The molecular weight excluding hydrogens is 585 g/mol. The zero-order valence-electron chi connectivity index (χ0n) is 16.7. The van der Waals surface area contributed by atoms with Crippen LogP contribution in [-0.4, -0.2) is 25.1 Å². The van der Waals surface area contributed by atoms with Crippen molar-refractivity contribution in [3.8, 4) is 11.5 Å². The molecule has 158 valence electrons. The van der Waals surface area contributed by atoms with Crippen LogP contribution in [0.25, 0.3) is 6.08 Å². The van der Waals surface area contributed by atoms with Gasteiger partial charge in [-0.1, -0.05) is 25.4 Å². The molecule has 0 N–H and O–H groups in total. The first-order valence-corrected chi connectivity index (χ1v) is 11.6. The average Bonchev–Trinajstić information content (AvgIpc) is 3.03. The van der Waals surface area contributed by atoms with Crippen molar-refractivity contribution in [1.29, 1.82) is 0 Å². The van der Waals surface area contributed by atoms with E-state index in [0.717, 1.165) is 13.6 Å². The number of carbonyl (C=O) groups excluding carboxylic acids is 1. The van der Waals surface area contributed by atoms with Gasteiger partial charge >= 0.3 is 5.97 Å². The van der Waals surface area contributed by atoms with Gasteiger partial charge in [0, 0.05) is 3.57 Å². The van der Waals surface area contributed by atoms with E-state index in [2.05, 4.69) is 57.4 Å². The van der Waals surface area contributed by atoms with Crippen molar-refractivity contribution in [3.05, 3.63) is 60.2 Å². The third kappa shape index (κ3) is 5.56. The maximum atomic E-state index is 12.4. The van der Waals surface area contributed by atoms with E-state index in [1.54, 1.807) is 12.1 Å². The van der Waals surface area contributed by atoms with E-state index >= 15 is 0 Å². The number of halogens is 3. The zero-order chi connectivity index (χ0) is 21.8. The predicted octanol–water partition coefficient (Wildman–Crippen LogP) is 6.49. The second-order valence-electron chi connectivity index (χ2n) is 6.93. The number of rotatable bonds is 7. The van der Waals surface area contributed by atoms with E-state index in [9.17, 15) is 4.79 Å². The van der Waals surface area contributed by atoms with E-state index in [4.69, 9.17) is 25.8 Å². The third-order valence-electron chi connectivity index (χ3n) is 3.98. The Morgan fingerprint density at radius 1 is 1.27 bits per heavy atom. The number of carbonyl (C=O) groups is 1. The van der Waals surface area contributed by atoms with E-state index < -0.39 is 5.97 Å². The fourth-order valence-electron chi connectivity index (χ4n) is 2.67. The Balaban J connectivity index is 1.96. The van der Waals surface area contributed by atoms with E-state index in [1.807, 2.05) is 31.2 Å². The van der Waals surface area contributed by atoms with Gasteiger partial charge in [0.2, 0.25) is 5.90 Å². The minimum atomic E-state index is -0.533. The van der Waals surface area contributed by atoms with Gasteiger partial charge in [0.1, 0.15) is 0 Å². The van der Waals surface area contributed by atoms with Gasteiger partial charge in [0.15, 0.2) is 17.2 Å². The van der Waals surface area contributed by atoms with Crippen molar-refractivity contribution >= 4 is 68.1 Å². The molecule has 0 saturated heterocycles. The van der Waals surface area contributed by atoms with Crippen molar-refractivity contribution in [2.75, 3.05) is 13.2 Å². The van der Waals surface area contributed by atoms with Crippen molar-refractivity contribution in [2.45, 2.75) is 20.8 Å². The third-order valence-corrected chi connectivity index (χ3v) is 5.57. The van der Waals surface area contributed by atoms with Gasteiger partial charge in [-0.3, -0.25) is 0 Å². The Labute approximate surface area is 202 Å². The Kier molecular flexibility index (Phi) is 7.81. The second-order valence-corrected chi connectivity index (χ2v) is 9.44. The highest BCUT2D eigenvalue weighted by Gasteiger charge is 2.26. The van der Waals surface area contributed by atoms with E-state index in [0.29, 0.717) is 41.2 Å². The lowest BCUT2D eigenvalue weighted by Crippen LogP contribution is -2.07. The molecular formula is C22H20BrClINO4. The number of cyclic esters (lactones) is 1. The fourth-order valence-corrected chi connectivity index (χ4v) is 3.93. The Morgan fingerprint density at radius 2 is 2.03 bits per heavy atom. The van der Waals surface area contributed by atoms with Crippen molar-refractivity contribution in [1.82, 2.24) is 0 Å². The topological polar surface area (TPSA) is 57.1 Å². The van der Waals surface area contributed by atoms with Crippen molar-refractivity contribution in [2.24, 2.45) is 10.9 Å². The number of ether oxygens (including phenoxy) is 3. The van der Waals surface area contributed by atoms with Crippen LogP contribution in [0.15, 0.2) is 45.5 Å². The van der Waals surface area contributed by atoms with E-state index in [1.165, 1.54) is 0 Å². The Hall–Kier alpha value is -1.58. The molecule has 0 atom stereocenters. The lowest BCUT2D eigenvalue weighted by molar-refractivity contribution is -0.129. The van der Waals surface area contributed by atoms with Crippen LogP contribution in [0.5, 0.6) is 11.5 Å². The molecule has 2 aromatic rings. The molecule has 5 nitrogen and oxygen atoms in total. The first-order chi connectivity index (χ1) is 14.3. The molecule has 0 saturated carbocycles. The molecule has 0 radical (unpaired) electrons. The predicted molar refractivity (Wildman–Crippen MR) is 130 cm³/mol. The maximum Gasteiger partial charge on any atom is 0.363 e. The number of hydrogen-bond acceptors (Lipinski definition) is 5. The molecule has 8 heteroatoms. The molecule has 0 bridgehead atoms. The van der Waals surface area contributed by atoms with Gasteiger partial charge in [-0.05, 0) is 93.3 Å². The van der Waals surface area contributed by atoms with Gasteiger partial charge in [-0.25, -0.2) is 9.79 Å². The maximum absolute atomic E-state index is 12.4. The van der Waals surface area contributed by atoms with Crippen LogP contribution in [0.2, 0.25) is 5.02 Å². The molecule has 0 aromatic heterocycles. The summed E-state index contributed by atoms with van der Waals surface area (Å²) in [7, 11) is 0. The standard InChI is InChI=1S/C22H20BrClINO4/c1-4-28-19-9-13(7-16(23)20(19)29-11-12(2)3)8-18-22(27)30-21(26-18)15-10-14(25)5-6-17(15)24/h5-10,12H,4,11H2,1-3H3/b18-8-. The minimum absolute atomic E-state index is 0.185. The van der Waals surface area contributed by atoms with Crippen LogP contribution in [-0.2, 0) is 9.53 Å². The minimum Gasteiger partial charge on any atom is -0.490 e. The quantitative estimate of drug-likeness (QED) is 0.206. The summed E-state index contributed by atoms with van der Waals surface area (Å²) >= 11 is 12.0. The average molecular weight is 605 g/mol. The van der Waals surface area contributed by atoms with Crippen molar-refractivity contribution in [3.63, 3.8) is 0 Å². The monoisotopic (exact) mass is 603 g/mol. The summed E-state index contributed by atoms with van der Waals surface area (Å²) in [5, 5.41) is 0.469. The van der Waals surface area contributed by atoms with Gasteiger partial charge in [-0.15, -0.1) is 0 Å². The fraction of sp³-hybridized carbons (Fsp3) is 0.273. The molecule has 30 heavy (non-hydrogen) atoms.